The summed E-state index contributed by atoms with van der Waals surface area (Å²) in [6, 6.07) is 21.5. The maximum absolute atomic E-state index is 14.0. The van der Waals surface area contributed by atoms with Crippen LogP contribution in [0.5, 0.6) is 5.75 Å². The molecule has 2 aliphatic rings. The third-order valence-electron chi connectivity index (χ3n) is 7.84. The fraction of sp³-hybridized carbons (Fsp3) is 0.125. The lowest BCUT2D eigenvalue weighted by Crippen LogP contribution is -2.38. The van der Waals surface area contributed by atoms with Crippen LogP contribution in [0.2, 0.25) is 0 Å². The van der Waals surface area contributed by atoms with Crippen LogP contribution in [0.3, 0.4) is 0 Å². The molecule has 3 aromatic carbocycles. The number of allylic oxidation sites excluding steroid dienone is 1. The zero-order chi connectivity index (χ0) is 30.5. The summed E-state index contributed by atoms with van der Waals surface area (Å²) in [5.41, 5.74) is 4.20. The number of nitro benzene ring substituents is 2. The molecule has 0 bridgehead atoms. The molecule has 218 valence electrons. The second-order valence-electron chi connectivity index (χ2n) is 10.3. The number of furan rings is 1. The summed E-state index contributed by atoms with van der Waals surface area (Å²) in [5.74, 6) is 0.938. The minimum Gasteiger partial charge on any atom is -0.497 e. The highest BCUT2D eigenvalue weighted by Gasteiger charge is 2.33. The Labute approximate surface area is 252 Å². The number of benzene rings is 3. The van der Waals surface area contributed by atoms with Crippen molar-refractivity contribution in [2.45, 2.75) is 18.9 Å². The lowest BCUT2D eigenvalue weighted by molar-refractivity contribution is -0.385. The SMILES string of the molecule is COc1ccc(-c2ccc(/C=c3/sc4n(c3=O)[C@@H](c3cccc([N+](=O)[O-])c3)C3=C(N=4)c4ccccc4CC3)o2)c([N+](=O)[O-])c1. The van der Waals surface area contributed by atoms with Crippen molar-refractivity contribution in [3.05, 3.63) is 147 Å². The van der Waals surface area contributed by atoms with Gasteiger partial charge in [0.15, 0.2) is 4.80 Å². The molecule has 44 heavy (non-hydrogen) atoms. The van der Waals surface area contributed by atoms with E-state index in [-0.39, 0.29) is 28.3 Å². The van der Waals surface area contributed by atoms with E-state index < -0.39 is 15.9 Å². The van der Waals surface area contributed by atoms with Crippen LogP contribution in [0, 0.1) is 20.2 Å². The first-order valence-electron chi connectivity index (χ1n) is 13.6. The van der Waals surface area contributed by atoms with Crippen molar-refractivity contribution in [1.29, 1.82) is 0 Å². The quantitative estimate of drug-likeness (QED) is 0.186. The van der Waals surface area contributed by atoms with Crippen LogP contribution in [-0.2, 0) is 6.42 Å². The van der Waals surface area contributed by atoms with Gasteiger partial charge in [0.1, 0.15) is 17.3 Å². The standard InChI is InChI=1S/C32H22N4O7S/c1-42-21-10-13-24(26(16-21)36(40)41)27-14-11-22(43-27)17-28-31(37)34-30(19-6-4-7-20(15-19)35(38)39)25-12-9-18-5-2-3-8-23(18)29(25)33-32(34)44-28/h2-8,10-11,13-17,30H,9,12H2,1H3/b28-17+/t30-/m0/s1. The lowest BCUT2D eigenvalue weighted by Gasteiger charge is -2.30. The number of hydrogen-bond donors (Lipinski definition) is 0. The summed E-state index contributed by atoms with van der Waals surface area (Å²) in [7, 11) is 1.43. The lowest BCUT2D eigenvalue weighted by atomic mass is 9.83. The molecule has 5 aromatic rings. The Hall–Kier alpha value is -5.62. The van der Waals surface area contributed by atoms with Crippen molar-refractivity contribution in [1.82, 2.24) is 4.57 Å². The molecule has 0 radical (unpaired) electrons. The second kappa shape index (κ2) is 10.6. The predicted octanol–water partition coefficient (Wildman–Crippen LogP) is 5.40. The van der Waals surface area contributed by atoms with Crippen molar-refractivity contribution in [2.24, 2.45) is 4.99 Å². The van der Waals surface area contributed by atoms with Crippen LogP contribution in [0.1, 0.15) is 34.9 Å². The molecule has 0 fully saturated rings. The minimum atomic E-state index is -0.578. The number of hydrogen-bond acceptors (Lipinski definition) is 9. The Kier molecular flexibility index (Phi) is 6.55. The Morgan fingerprint density at radius 3 is 2.61 bits per heavy atom. The van der Waals surface area contributed by atoms with E-state index in [9.17, 15) is 25.0 Å². The first-order chi connectivity index (χ1) is 21.3. The largest absolute Gasteiger partial charge is 0.497 e. The van der Waals surface area contributed by atoms with Gasteiger partial charge in [-0.25, -0.2) is 4.99 Å². The highest BCUT2D eigenvalue weighted by Crippen LogP contribution is 2.41. The van der Waals surface area contributed by atoms with Gasteiger partial charge in [-0.1, -0.05) is 47.7 Å². The topological polar surface area (TPSA) is 143 Å². The van der Waals surface area contributed by atoms with E-state index in [4.69, 9.17) is 14.1 Å². The molecule has 0 unspecified atom stereocenters. The Bertz CT molecular complexity index is 2230. The third kappa shape index (κ3) is 4.52. The molecule has 7 rings (SSSR count). The summed E-state index contributed by atoms with van der Waals surface area (Å²) in [5, 5.41) is 23.4. The number of aromatic nitrogens is 1. The zero-order valence-corrected chi connectivity index (χ0v) is 23.9. The molecule has 0 saturated heterocycles. The normalized spacial score (nSPS) is 15.7. The summed E-state index contributed by atoms with van der Waals surface area (Å²) in [6.45, 7) is 0. The second-order valence-corrected chi connectivity index (χ2v) is 11.3. The van der Waals surface area contributed by atoms with E-state index in [2.05, 4.69) is 6.07 Å². The number of thiazole rings is 1. The molecule has 11 nitrogen and oxygen atoms in total. The van der Waals surface area contributed by atoms with Gasteiger partial charge in [0.2, 0.25) is 0 Å². The van der Waals surface area contributed by atoms with Crippen LogP contribution in [-0.4, -0.2) is 21.5 Å². The fourth-order valence-corrected chi connectivity index (χ4v) is 6.81. The maximum atomic E-state index is 14.0. The molecule has 0 amide bonds. The van der Waals surface area contributed by atoms with Gasteiger partial charge in [0.05, 0.1) is 44.9 Å². The van der Waals surface area contributed by atoms with Crippen molar-refractivity contribution in [2.75, 3.05) is 7.11 Å². The van der Waals surface area contributed by atoms with Gasteiger partial charge >= 0.3 is 0 Å². The number of methoxy groups -OCH3 is 1. The van der Waals surface area contributed by atoms with Gasteiger partial charge in [-0.2, -0.15) is 0 Å². The van der Waals surface area contributed by atoms with Crippen LogP contribution in [0.4, 0.5) is 11.4 Å². The smallest absolute Gasteiger partial charge is 0.284 e. The molecule has 0 N–H and O–H groups in total. The van der Waals surface area contributed by atoms with Crippen LogP contribution in [0.25, 0.3) is 23.1 Å². The average Bonchev–Trinajstić information content (AvgIpc) is 3.63. The van der Waals surface area contributed by atoms with E-state index in [1.54, 1.807) is 47.0 Å². The van der Waals surface area contributed by atoms with Crippen molar-refractivity contribution in [3.63, 3.8) is 0 Å². The van der Waals surface area contributed by atoms with Gasteiger partial charge in [-0.3, -0.25) is 29.6 Å². The summed E-state index contributed by atoms with van der Waals surface area (Å²) < 4.78 is 13.0. The van der Waals surface area contributed by atoms with Gasteiger partial charge in [-0.15, -0.1) is 0 Å². The average molecular weight is 607 g/mol. The number of fused-ring (bicyclic) bond motifs is 3. The predicted molar refractivity (Wildman–Crippen MR) is 163 cm³/mol. The van der Waals surface area contributed by atoms with Gasteiger partial charge < -0.3 is 9.15 Å². The molecule has 1 aliphatic heterocycles. The number of nitrogens with zero attached hydrogens (tertiary/aromatic N) is 4. The number of ether oxygens (including phenoxy) is 1. The van der Waals surface area contributed by atoms with Crippen LogP contribution in [0.15, 0.2) is 98.6 Å². The Morgan fingerprint density at radius 2 is 1.82 bits per heavy atom. The highest BCUT2D eigenvalue weighted by molar-refractivity contribution is 7.07. The summed E-state index contributed by atoms with van der Waals surface area (Å²) in [6.07, 6.45) is 2.99. The van der Waals surface area contributed by atoms with Crippen LogP contribution < -0.4 is 19.6 Å². The first-order valence-corrected chi connectivity index (χ1v) is 14.4. The molecule has 12 heteroatoms. The molecular weight excluding hydrogens is 584 g/mol. The first kappa shape index (κ1) is 27.2. The van der Waals surface area contributed by atoms with Crippen molar-refractivity contribution < 1.29 is 19.0 Å². The monoisotopic (exact) mass is 606 g/mol. The maximum Gasteiger partial charge on any atom is 0.284 e. The molecule has 2 aromatic heterocycles. The number of nitro groups is 2. The molecule has 1 atom stereocenters. The van der Waals surface area contributed by atoms with E-state index in [0.717, 1.165) is 28.8 Å². The van der Waals surface area contributed by atoms with Gasteiger partial charge in [0, 0.05) is 23.8 Å². The summed E-state index contributed by atoms with van der Waals surface area (Å²) >= 11 is 1.19. The number of non-ortho nitro benzene ring substituents is 1. The van der Waals surface area contributed by atoms with E-state index >= 15 is 0 Å². The highest BCUT2D eigenvalue weighted by atomic mass is 32.1. The van der Waals surface area contributed by atoms with Gasteiger partial charge in [-0.05, 0) is 53.8 Å². The van der Waals surface area contributed by atoms with Crippen molar-refractivity contribution in [3.8, 4) is 17.1 Å². The van der Waals surface area contributed by atoms with Crippen LogP contribution >= 0.6 is 11.3 Å². The third-order valence-corrected chi connectivity index (χ3v) is 8.82. The fourth-order valence-electron chi connectivity index (χ4n) is 5.83. The van der Waals surface area contributed by atoms with E-state index in [1.165, 1.54) is 36.6 Å². The van der Waals surface area contributed by atoms with Crippen molar-refractivity contribution >= 4 is 34.5 Å². The molecular formula is C32H22N4O7S. The van der Waals surface area contributed by atoms with E-state index in [0.29, 0.717) is 32.8 Å². The molecule has 1 aliphatic carbocycles. The number of aryl methyl sites for hydroxylation is 1. The van der Waals surface area contributed by atoms with Gasteiger partial charge in [0.25, 0.3) is 16.9 Å². The summed E-state index contributed by atoms with van der Waals surface area (Å²) in [4.78, 5) is 41.8. The number of rotatable bonds is 6. The zero-order valence-electron chi connectivity index (χ0n) is 23.1. The Morgan fingerprint density at radius 1 is 0.977 bits per heavy atom. The Balaban J connectivity index is 1.38. The molecule has 3 heterocycles. The molecule has 0 spiro atoms. The molecule has 0 saturated carbocycles. The van der Waals surface area contributed by atoms with E-state index in [1.807, 2.05) is 18.2 Å². The minimum absolute atomic E-state index is 0.0595.